The van der Waals surface area contributed by atoms with Crippen molar-refractivity contribution < 1.29 is 28.6 Å². The maximum absolute atomic E-state index is 15.5. The molecule has 1 aromatic heterocycles. The van der Waals surface area contributed by atoms with E-state index in [1.807, 2.05) is 11.9 Å². The summed E-state index contributed by atoms with van der Waals surface area (Å²) in [5, 5.41) is 15.4. The molecule has 13 nitrogen and oxygen atoms in total. The molecule has 2 aromatic rings. The van der Waals surface area contributed by atoms with Crippen molar-refractivity contribution in [3.63, 3.8) is 0 Å². The highest BCUT2D eigenvalue weighted by Crippen LogP contribution is 2.28. The molecule has 1 unspecified atom stereocenters. The van der Waals surface area contributed by atoms with Crippen molar-refractivity contribution >= 4 is 35.2 Å². The third kappa shape index (κ3) is 7.68. The number of piperazine rings is 1. The number of piperidine rings is 1. The largest absolute Gasteiger partial charge is 0.480 e. The number of rotatable bonds is 8. The number of likely N-dealkylation sites (N-methyl/N-ethyl adjacent to an activating group) is 1. The van der Waals surface area contributed by atoms with E-state index in [0.717, 1.165) is 13.1 Å². The van der Waals surface area contributed by atoms with Gasteiger partial charge in [-0.05, 0) is 37.6 Å². The first-order valence-electron chi connectivity index (χ1n) is 14.7. The average Bonchev–Trinajstić information content (AvgIpc) is 3.02. The van der Waals surface area contributed by atoms with Crippen LogP contribution in [0.15, 0.2) is 30.6 Å². The number of hydrogen-bond acceptors (Lipinski definition) is 9. The topological polar surface area (TPSA) is 143 Å². The molecule has 3 fully saturated rings. The number of carbonyl (C=O) groups is 3. The molecule has 3 saturated heterocycles. The summed E-state index contributed by atoms with van der Waals surface area (Å²) >= 11 is 0. The molecule has 0 saturated carbocycles. The molecule has 0 radical (unpaired) electrons. The molecule has 3 N–H and O–H groups in total. The van der Waals surface area contributed by atoms with Gasteiger partial charge in [-0.25, -0.2) is 19.6 Å². The summed E-state index contributed by atoms with van der Waals surface area (Å²) in [7, 11) is 2.02. The molecule has 3 aliphatic rings. The number of urea groups is 1. The molecule has 0 aliphatic carbocycles. The van der Waals surface area contributed by atoms with E-state index in [9.17, 15) is 19.5 Å². The van der Waals surface area contributed by atoms with Gasteiger partial charge in [-0.3, -0.25) is 4.79 Å². The van der Waals surface area contributed by atoms with Crippen LogP contribution in [-0.2, 0) is 20.7 Å². The number of aliphatic carboxylic acids is 1. The Morgan fingerprint density at radius 1 is 1.00 bits per heavy atom. The summed E-state index contributed by atoms with van der Waals surface area (Å²) in [5.41, 5.74) is 1.31. The van der Waals surface area contributed by atoms with Gasteiger partial charge in [0, 0.05) is 64.5 Å². The quantitative estimate of drug-likeness (QED) is 0.406. The van der Waals surface area contributed by atoms with E-state index in [1.54, 1.807) is 34.1 Å². The van der Waals surface area contributed by atoms with Gasteiger partial charge in [-0.1, -0.05) is 12.1 Å². The number of amides is 3. The number of halogens is 1. The predicted molar refractivity (Wildman–Crippen MR) is 158 cm³/mol. The Labute approximate surface area is 250 Å². The van der Waals surface area contributed by atoms with Gasteiger partial charge in [-0.2, -0.15) is 4.39 Å². The van der Waals surface area contributed by atoms with Gasteiger partial charge >= 0.3 is 12.0 Å². The Kier molecular flexibility index (Phi) is 9.87. The first kappa shape index (κ1) is 30.4. The minimum Gasteiger partial charge on any atom is -0.480 e. The molecule has 0 spiro atoms. The number of benzene rings is 1. The number of carbonyl (C=O) groups excluding carboxylic acids is 2. The molecule has 14 heteroatoms. The van der Waals surface area contributed by atoms with Crippen LogP contribution in [-0.4, -0.2) is 121 Å². The number of ether oxygens (including phenoxy) is 1. The SMILES string of the molecule is CN1CCN(C(=O)Nc2ccc(C[C@H](NC(=O)C3CCCN(c4ncnc(N5CCOCC5)c4F)C3)C(=O)O)cc2)CC1. The number of aromatic nitrogens is 2. The fraction of sp³-hybridized carbons (Fsp3) is 0.552. The van der Waals surface area contributed by atoms with E-state index < -0.39 is 29.7 Å². The summed E-state index contributed by atoms with van der Waals surface area (Å²) in [6.45, 7) is 5.75. The number of carboxylic acid groups (broad SMARTS) is 1. The zero-order chi connectivity index (χ0) is 30.3. The van der Waals surface area contributed by atoms with Crippen molar-refractivity contribution in [2.24, 2.45) is 5.92 Å². The second kappa shape index (κ2) is 14.0. The fourth-order valence-electron chi connectivity index (χ4n) is 5.61. The Balaban J connectivity index is 1.17. The molecule has 1 aromatic carbocycles. The highest BCUT2D eigenvalue weighted by molar-refractivity contribution is 5.89. The minimum atomic E-state index is -1.15. The number of carboxylic acids is 1. The van der Waals surface area contributed by atoms with Crippen LogP contribution in [0.3, 0.4) is 0 Å². The lowest BCUT2D eigenvalue weighted by molar-refractivity contribution is -0.142. The summed E-state index contributed by atoms with van der Waals surface area (Å²) in [6, 6.07) is 5.63. The predicted octanol–water partition coefficient (Wildman–Crippen LogP) is 1.26. The molecule has 43 heavy (non-hydrogen) atoms. The lowest BCUT2D eigenvalue weighted by atomic mass is 9.96. The smallest absolute Gasteiger partial charge is 0.326 e. The van der Waals surface area contributed by atoms with Crippen LogP contribution in [0.25, 0.3) is 0 Å². The lowest BCUT2D eigenvalue weighted by Gasteiger charge is -2.34. The first-order chi connectivity index (χ1) is 20.8. The molecular formula is C29H39FN8O5. The second-order valence-electron chi connectivity index (χ2n) is 11.2. The molecular weight excluding hydrogens is 559 g/mol. The zero-order valence-corrected chi connectivity index (χ0v) is 24.4. The first-order valence-corrected chi connectivity index (χ1v) is 14.7. The van der Waals surface area contributed by atoms with Crippen molar-refractivity contribution in [1.82, 2.24) is 25.1 Å². The number of morpholine rings is 1. The Morgan fingerprint density at radius 2 is 1.67 bits per heavy atom. The van der Waals surface area contributed by atoms with E-state index in [4.69, 9.17) is 4.74 Å². The van der Waals surface area contributed by atoms with Crippen molar-refractivity contribution in [3.05, 3.63) is 42.0 Å². The third-order valence-electron chi connectivity index (χ3n) is 8.21. The summed E-state index contributed by atoms with van der Waals surface area (Å²) in [5.74, 6) is -2.23. The van der Waals surface area contributed by atoms with Gasteiger partial charge < -0.3 is 40.1 Å². The normalized spacial score (nSPS) is 20.4. The van der Waals surface area contributed by atoms with E-state index in [0.29, 0.717) is 70.0 Å². The maximum atomic E-state index is 15.5. The number of anilines is 3. The van der Waals surface area contributed by atoms with Crippen molar-refractivity contribution in [1.29, 1.82) is 0 Å². The summed E-state index contributed by atoms with van der Waals surface area (Å²) < 4.78 is 20.8. The Bertz CT molecular complexity index is 1280. The number of nitrogens with one attached hydrogen (secondary N) is 2. The molecule has 4 heterocycles. The van der Waals surface area contributed by atoms with Crippen LogP contribution >= 0.6 is 0 Å². The highest BCUT2D eigenvalue weighted by atomic mass is 19.1. The zero-order valence-electron chi connectivity index (χ0n) is 24.4. The van der Waals surface area contributed by atoms with E-state index in [1.165, 1.54) is 6.33 Å². The molecule has 0 bridgehead atoms. The number of hydrogen-bond donors (Lipinski definition) is 3. The van der Waals surface area contributed by atoms with Crippen LogP contribution in [0.4, 0.5) is 26.5 Å². The van der Waals surface area contributed by atoms with Crippen molar-refractivity contribution in [3.8, 4) is 0 Å². The van der Waals surface area contributed by atoms with Crippen LogP contribution in [0.1, 0.15) is 18.4 Å². The molecule has 3 aliphatic heterocycles. The van der Waals surface area contributed by atoms with E-state index in [-0.39, 0.29) is 30.6 Å². The highest BCUT2D eigenvalue weighted by Gasteiger charge is 2.32. The second-order valence-corrected chi connectivity index (χ2v) is 11.2. The van der Waals surface area contributed by atoms with Gasteiger partial charge in [0.05, 0.1) is 19.1 Å². The van der Waals surface area contributed by atoms with Crippen molar-refractivity contribution in [2.45, 2.75) is 25.3 Å². The standard InChI is InChI=1S/C29H39FN8O5/c1-35-9-11-37(12-10-35)29(42)33-22-6-4-20(5-7-22)17-23(28(40)41)34-27(39)21-3-2-8-38(18-21)26-24(30)25(31-19-32-26)36-13-15-43-16-14-36/h4-7,19,21,23H,2-3,8-18H2,1H3,(H,33,42)(H,34,39)(H,40,41)/t21?,23-/m0/s1. The minimum absolute atomic E-state index is 0.0770. The van der Waals surface area contributed by atoms with Gasteiger partial charge in [0.15, 0.2) is 11.6 Å². The van der Waals surface area contributed by atoms with Gasteiger partial charge in [0.25, 0.3) is 0 Å². The Morgan fingerprint density at radius 3 is 2.35 bits per heavy atom. The third-order valence-corrected chi connectivity index (χ3v) is 8.21. The van der Waals surface area contributed by atoms with Gasteiger partial charge in [-0.15, -0.1) is 0 Å². The monoisotopic (exact) mass is 598 g/mol. The Hall–Kier alpha value is -4.04. The lowest BCUT2D eigenvalue weighted by Crippen LogP contribution is -2.49. The molecule has 5 rings (SSSR count). The van der Waals surface area contributed by atoms with E-state index in [2.05, 4.69) is 25.5 Å². The van der Waals surface area contributed by atoms with Gasteiger partial charge in [0.1, 0.15) is 12.4 Å². The number of nitrogens with zero attached hydrogens (tertiary/aromatic N) is 6. The van der Waals surface area contributed by atoms with Crippen LogP contribution in [0, 0.1) is 11.7 Å². The fourth-order valence-corrected chi connectivity index (χ4v) is 5.61. The molecule has 2 atom stereocenters. The maximum Gasteiger partial charge on any atom is 0.326 e. The van der Waals surface area contributed by atoms with Crippen LogP contribution < -0.4 is 20.4 Å². The van der Waals surface area contributed by atoms with Crippen LogP contribution in [0.2, 0.25) is 0 Å². The van der Waals surface area contributed by atoms with Crippen molar-refractivity contribution in [2.75, 3.05) is 87.7 Å². The van der Waals surface area contributed by atoms with Crippen LogP contribution in [0.5, 0.6) is 0 Å². The summed E-state index contributed by atoms with van der Waals surface area (Å²) in [4.78, 5) is 53.7. The average molecular weight is 599 g/mol. The summed E-state index contributed by atoms with van der Waals surface area (Å²) in [6.07, 6.45) is 2.59. The molecule has 232 valence electrons. The molecule has 3 amide bonds. The van der Waals surface area contributed by atoms with Gasteiger partial charge in [0.2, 0.25) is 11.7 Å². The van der Waals surface area contributed by atoms with E-state index >= 15 is 4.39 Å².